The lowest BCUT2D eigenvalue weighted by atomic mass is 9.98. The van der Waals surface area contributed by atoms with Gasteiger partial charge in [-0.3, -0.25) is 9.59 Å². The van der Waals surface area contributed by atoms with Gasteiger partial charge in [0.2, 0.25) is 5.91 Å². The molecule has 0 heterocycles. The molecule has 2 unspecified atom stereocenters. The zero-order valence-corrected chi connectivity index (χ0v) is 16.4. The number of hydrogen-bond donors (Lipinski definition) is 2. The molecule has 5 heteroatoms. The highest BCUT2D eigenvalue weighted by atomic mass is 16.5. The Hall–Kier alpha value is -2.82. The SMILES string of the molecule is CCC(C)c1ccccc1OC(C)C(=O)Nc1ccc(CC(=O)NC)cc1. The van der Waals surface area contributed by atoms with Gasteiger partial charge in [0.15, 0.2) is 6.10 Å². The van der Waals surface area contributed by atoms with Crippen LogP contribution < -0.4 is 15.4 Å². The van der Waals surface area contributed by atoms with E-state index in [9.17, 15) is 9.59 Å². The smallest absolute Gasteiger partial charge is 0.265 e. The normalized spacial score (nSPS) is 12.7. The molecular weight excluding hydrogens is 340 g/mol. The number of nitrogens with one attached hydrogen (secondary N) is 2. The third kappa shape index (κ3) is 5.84. The summed E-state index contributed by atoms with van der Waals surface area (Å²) >= 11 is 0. The lowest BCUT2D eigenvalue weighted by Gasteiger charge is -2.19. The molecule has 0 aliphatic heterocycles. The number of ether oxygens (including phenoxy) is 1. The molecule has 0 aliphatic rings. The molecule has 0 saturated carbocycles. The van der Waals surface area contributed by atoms with Gasteiger partial charge in [0.1, 0.15) is 5.75 Å². The number of para-hydroxylation sites is 1. The third-order valence-corrected chi connectivity index (χ3v) is 4.60. The maximum Gasteiger partial charge on any atom is 0.265 e. The molecule has 2 atom stereocenters. The van der Waals surface area contributed by atoms with Crippen molar-refractivity contribution in [2.24, 2.45) is 0 Å². The van der Waals surface area contributed by atoms with E-state index in [2.05, 4.69) is 24.5 Å². The Morgan fingerprint density at radius 1 is 1.04 bits per heavy atom. The van der Waals surface area contributed by atoms with E-state index in [1.54, 1.807) is 26.1 Å². The van der Waals surface area contributed by atoms with Crippen LogP contribution in [0.2, 0.25) is 0 Å². The van der Waals surface area contributed by atoms with Gasteiger partial charge < -0.3 is 15.4 Å². The van der Waals surface area contributed by atoms with E-state index >= 15 is 0 Å². The molecule has 2 rings (SSSR count). The zero-order valence-electron chi connectivity index (χ0n) is 16.4. The molecule has 2 aromatic rings. The fourth-order valence-electron chi connectivity index (χ4n) is 2.68. The summed E-state index contributed by atoms with van der Waals surface area (Å²) in [6.07, 6.45) is 0.695. The quantitative estimate of drug-likeness (QED) is 0.743. The van der Waals surface area contributed by atoms with Gasteiger partial charge in [0, 0.05) is 12.7 Å². The van der Waals surface area contributed by atoms with Gasteiger partial charge in [-0.05, 0) is 48.6 Å². The van der Waals surface area contributed by atoms with Crippen LogP contribution in [0.5, 0.6) is 5.75 Å². The van der Waals surface area contributed by atoms with Crippen LogP contribution in [-0.2, 0) is 16.0 Å². The Morgan fingerprint density at radius 2 is 1.70 bits per heavy atom. The lowest BCUT2D eigenvalue weighted by molar-refractivity contribution is -0.122. The van der Waals surface area contributed by atoms with Crippen LogP contribution in [0.4, 0.5) is 5.69 Å². The summed E-state index contributed by atoms with van der Waals surface area (Å²) in [7, 11) is 1.61. The number of hydrogen-bond acceptors (Lipinski definition) is 3. The summed E-state index contributed by atoms with van der Waals surface area (Å²) in [6.45, 7) is 6.02. The van der Waals surface area contributed by atoms with Gasteiger partial charge in [-0.1, -0.05) is 44.2 Å². The molecule has 27 heavy (non-hydrogen) atoms. The number of rotatable bonds is 8. The second-order valence-electron chi connectivity index (χ2n) is 6.64. The largest absolute Gasteiger partial charge is 0.481 e. The van der Waals surface area contributed by atoms with Gasteiger partial charge in [0.25, 0.3) is 5.91 Å². The van der Waals surface area contributed by atoms with Crippen LogP contribution in [0.15, 0.2) is 48.5 Å². The highest BCUT2D eigenvalue weighted by Crippen LogP contribution is 2.29. The van der Waals surface area contributed by atoms with Crippen molar-refractivity contribution in [3.63, 3.8) is 0 Å². The van der Waals surface area contributed by atoms with Crippen LogP contribution in [-0.4, -0.2) is 25.0 Å². The Bertz CT molecular complexity index is 771. The number of likely N-dealkylation sites (N-methyl/N-ethyl adjacent to an activating group) is 1. The molecule has 0 spiro atoms. The number of anilines is 1. The van der Waals surface area contributed by atoms with Crippen LogP contribution in [0.25, 0.3) is 0 Å². The lowest BCUT2D eigenvalue weighted by Crippen LogP contribution is -2.30. The van der Waals surface area contributed by atoms with Gasteiger partial charge in [-0.15, -0.1) is 0 Å². The van der Waals surface area contributed by atoms with Crippen LogP contribution >= 0.6 is 0 Å². The second-order valence-corrected chi connectivity index (χ2v) is 6.64. The van der Waals surface area contributed by atoms with Crippen molar-refractivity contribution < 1.29 is 14.3 Å². The van der Waals surface area contributed by atoms with E-state index in [-0.39, 0.29) is 11.8 Å². The molecule has 0 saturated heterocycles. The first-order valence-corrected chi connectivity index (χ1v) is 9.30. The molecule has 0 aliphatic carbocycles. The topological polar surface area (TPSA) is 67.4 Å². The van der Waals surface area contributed by atoms with Crippen molar-refractivity contribution in [1.29, 1.82) is 0 Å². The van der Waals surface area contributed by atoms with E-state index in [4.69, 9.17) is 4.74 Å². The standard InChI is InChI=1S/C22H28N2O3/c1-5-15(2)19-8-6-7-9-20(19)27-16(3)22(26)24-18-12-10-17(11-13-18)14-21(25)23-4/h6-13,15-16H,5,14H2,1-4H3,(H,23,25)(H,24,26). The first kappa shape index (κ1) is 20.5. The minimum absolute atomic E-state index is 0.0474. The summed E-state index contributed by atoms with van der Waals surface area (Å²) in [4.78, 5) is 23.9. The fourth-order valence-corrected chi connectivity index (χ4v) is 2.68. The average molecular weight is 368 g/mol. The van der Waals surface area contributed by atoms with Crippen molar-refractivity contribution >= 4 is 17.5 Å². The van der Waals surface area contributed by atoms with Crippen molar-refractivity contribution in [2.75, 3.05) is 12.4 Å². The molecule has 0 aromatic heterocycles. The molecule has 0 radical (unpaired) electrons. The Kier molecular flexibility index (Phi) is 7.41. The van der Waals surface area contributed by atoms with Crippen LogP contribution in [0.3, 0.4) is 0 Å². The number of benzene rings is 2. The third-order valence-electron chi connectivity index (χ3n) is 4.60. The van der Waals surface area contributed by atoms with Crippen molar-refractivity contribution in [3.05, 3.63) is 59.7 Å². The average Bonchev–Trinajstić information content (AvgIpc) is 2.69. The Labute approximate surface area is 161 Å². The molecular formula is C22H28N2O3. The highest BCUT2D eigenvalue weighted by molar-refractivity contribution is 5.94. The molecule has 2 aromatic carbocycles. The first-order valence-electron chi connectivity index (χ1n) is 9.30. The zero-order chi connectivity index (χ0) is 19.8. The van der Waals surface area contributed by atoms with Crippen molar-refractivity contribution in [1.82, 2.24) is 5.32 Å². The predicted octanol–water partition coefficient (Wildman–Crippen LogP) is 3.89. The molecule has 144 valence electrons. The summed E-state index contributed by atoms with van der Waals surface area (Å²) < 4.78 is 5.93. The maximum atomic E-state index is 12.5. The Morgan fingerprint density at radius 3 is 2.33 bits per heavy atom. The molecule has 0 bridgehead atoms. The van der Waals surface area contributed by atoms with E-state index in [0.717, 1.165) is 23.3 Å². The minimum Gasteiger partial charge on any atom is -0.481 e. The maximum absolute atomic E-state index is 12.5. The minimum atomic E-state index is -0.624. The van der Waals surface area contributed by atoms with E-state index in [1.807, 2.05) is 36.4 Å². The monoisotopic (exact) mass is 368 g/mol. The Balaban J connectivity index is 1.99. The number of carbonyl (C=O) groups is 2. The predicted molar refractivity (Wildman–Crippen MR) is 108 cm³/mol. The van der Waals surface area contributed by atoms with Crippen LogP contribution in [0, 0.1) is 0 Å². The summed E-state index contributed by atoms with van der Waals surface area (Å²) in [5.74, 6) is 0.849. The molecule has 2 amide bonds. The summed E-state index contributed by atoms with van der Waals surface area (Å²) in [6, 6.07) is 15.1. The van der Waals surface area contributed by atoms with Gasteiger partial charge in [-0.2, -0.15) is 0 Å². The van der Waals surface area contributed by atoms with Crippen molar-refractivity contribution in [2.45, 2.75) is 45.6 Å². The van der Waals surface area contributed by atoms with Gasteiger partial charge >= 0.3 is 0 Å². The molecule has 2 N–H and O–H groups in total. The first-order chi connectivity index (χ1) is 12.9. The van der Waals surface area contributed by atoms with Crippen LogP contribution in [0.1, 0.15) is 44.2 Å². The summed E-state index contributed by atoms with van der Waals surface area (Å²) in [5, 5.41) is 5.44. The fraction of sp³-hybridized carbons (Fsp3) is 0.364. The second kappa shape index (κ2) is 9.76. The van der Waals surface area contributed by atoms with E-state index in [0.29, 0.717) is 18.0 Å². The summed E-state index contributed by atoms with van der Waals surface area (Å²) in [5.41, 5.74) is 2.67. The number of carbonyl (C=O) groups excluding carboxylic acids is 2. The van der Waals surface area contributed by atoms with E-state index in [1.165, 1.54) is 0 Å². The number of amides is 2. The highest BCUT2D eigenvalue weighted by Gasteiger charge is 2.18. The van der Waals surface area contributed by atoms with Crippen molar-refractivity contribution in [3.8, 4) is 5.75 Å². The molecule has 5 nitrogen and oxygen atoms in total. The molecule has 0 fully saturated rings. The van der Waals surface area contributed by atoms with Gasteiger partial charge in [-0.25, -0.2) is 0 Å². The van der Waals surface area contributed by atoms with Gasteiger partial charge in [0.05, 0.1) is 6.42 Å². The van der Waals surface area contributed by atoms with E-state index < -0.39 is 6.10 Å².